The lowest BCUT2D eigenvalue weighted by molar-refractivity contribution is -0.151. The molecule has 2 aromatic rings. The fourth-order valence-corrected chi connectivity index (χ4v) is 3.43. The average molecular weight is 517 g/mol. The van der Waals surface area contributed by atoms with Crippen LogP contribution in [0.1, 0.15) is 42.7 Å². The fourth-order valence-electron chi connectivity index (χ4n) is 3.43. The van der Waals surface area contributed by atoms with Crippen molar-refractivity contribution in [2.24, 2.45) is 0 Å². The number of carboxylic acid groups (broad SMARTS) is 2. The molecular weight excluding hydrogens is 484 g/mol. The Hall–Kier alpha value is -3.76. The normalized spacial score (nSPS) is 13.2. The molecule has 37 heavy (non-hydrogen) atoms. The number of carbonyl (C=O) groups is 4. The van der Waals surface area contributed by atoms with Crippen LogP contribution in [0.5, 0.6) is 0 Å². The Bertz CT molecular complexity index is 993. The summed E-state index contributed by atoms with van der Waals surface area (Å²) >= 11 is 0. The summed E-state index contributed by atoms with van der Waals surface area (Å²) in [4.78, 5) is 47.0. The summed E-state index contributed by atoms with van der Waals surface area (Å²) in [5, 5.41) is 18.8. The van der Waals surface area contributed by atoms with Crippen molar-refractivity contribution in [1.29, 1.82) is 0 Å². The molecule has 2 N–H and O–H groups in total. The van der Waals surface area contributed by atoms with Gasteiger partial charge in [0.05, 0.1) is 50.6 Å². The smallest absolute Gasteiger partial charge is 0.311 e. The van der Waals surface area contributed by atoms with Gasteiger partial charge in [-0.2, -0.15) is 0 Å². The largest absolute Gasteiger partial charge is 0.481 e. The van der Waals surface area contributed by atoms with Crippen molar-refractivity contribution in [1.82, 2.24) is 0 Å². The fraction of sp³-hybridized carbons (Fsp3) is 0.407. The molecule has 10 nitrogen and oxygen atoms in total. The van der Waals surface area contributed by atoms with E-state index >= 15 is 0 Å². The molecule has 0 aliphatic carbocycles. The highest BCUT2D eigenvalue weighted by molar-refractivity contribution is 5.83. The third kappa shape index (κ3) is 11.2. The monoisotopic (exact) mass is 516 g/mol. The zero-order valence-electron chi connectivity index (χ0n) is 20.6. The predicted octanol–water partition coefficient (Wildman–Crippen LogP) is 3.01. The summed E-state index contributed by atoms with van der Waals surface area (Å²) in [5.41, 5.74) is 1.05. The van der Waals surface area contributed by atoms with E-state index in [1.165, 1.54) is 0 Å². The molecule has 0 spiro atoms. The van der Waals surface area contributed by atoms with Gasteiger partial charge in [0.2, 0.25) is 0 Å². The molecule has 0 amide bonds. The summed E-state index contributed by atoms with van der Waals surface area (Å²) in [6.07, 6.45) is -0.897. The molecule has 0 saturated carbocycles. The summed E-state index contributed by atoms with van der Waals surface area (Å²) in [5.74, 6) is -5.44. The highest BCUT2D eigenvalue weighted by Gasteiger charge is 2.25. The van der Waals surface area contributed by atoms with Crippen LogP contribution in [0.15, 0.2) is 60.7 Å². The SMILES string of the molecule is CC(COCCOC(=O)CC(C(=O)O)c1ccccc1)OCCOC(=O)CC(C(=O)O)c1ccccc1. The van der Waals surface area contributed by atoms with Crippen LogP contribution in [0, 0.1) is 0 Å². The van der Waals surface area contributed by atoms with E-state index in [9.17, 15) is 29.4 Å². The molecule has 0 aliphatic rings. The van der Waals surface area contributed by atoms with Crippen LogP contribution in [0.25, 0.3) is 0 Å². The van der Waals surface area contributed by atoms with Crippen LogP contribution >= 0.6 is 0 Å². The molecule has 0 saturated heterocycles. The van der Waals surface area contributed by atoms with Gasteiger partial charge in [0.1, 0.15) is 13.2 Å². The van der Waals surface area contributed by atoms with Crippen LogP contribution in [-0.2, 0) is 38.1 Å². The summed E-state index contributed by atoms with van der Waals surface area (Å²) in [6, 6.07) is 16.9. The Morgan fingerprint density at radius 1 is 0.676 bits per heavy atom. The van der Waals surface area contributed by atoms with Crippen LogP contribution in [0.3, 0.4) is 0 Å². The minimum Gasteiger partial charge on any atom is -0.481 e. The molecule has 0 bridgehead atoms. The number of aliphatic carboxylic acids is 2. The van der Waals surface area contributed by atoms with Crippen molar-refractivity contribution in [3.8, 4) is 0 Å². The standard InChI is InChI=1S/C27H32O10/c1-19(35-14-15-37-25(29)17-23(27(32)33)21-10-6-3-7-11-21)18-34-12-13-36-24(28)16-22(26(30)31)20-8-4-2-5-9-20/h2-11,19,22-23H,12-18H2,1H3,(H,30,31)(H,32,33). The summed E-state index contributed by atoms with van der Waals surface area (Å²) in [7, 11) is 0. The molecule has 0 radical (unpaired) electrons. The lowest BCUT2D eigenvalue weighted by Gasteiger charge is -2.15. The van der Waals surface area contributed by atoms with Gasteiger partial charge in [-0.15, -0.1) is 0 Å². The Labute approximate surface area is 215 Å². The maximum Gasteiger partial charge on any atom is 0.311 e. The van der Waals surface area contributed by atoms with E-state index in [1.54, 1.807) is 67.6 Å². The minimum atomic E-state index is -1.10. The molecule has 0 heterocycles. The first kappa shape index (κ1) is 29.5. The van der Waals surface area contributed by atoms with E-state index in [0.717, 1.165) is 0 Å². The Morgan fingerprint density at radius 2 is 1.11 bits per heavy atom. The Balaban J connectivity index is 1.56. The topological polar surface area (TPSA) is 146 Å². The molecule has 2 aromatic carbocycles. The first-order valence-corrected chi connectivity index (χ1v) is 11.8. The van der Waals surface area contributed by atoms with Crippen LogP contribution in [0.4, 0.5) is 0 Å². The Kier molecular flexibility index (Phi) is 12.8. The number of hydrogen-bond acceptors (Lipinski definition) is 8. The number of hydrogen-bond donors (Lipinski definition) is 2. The molecule has 0 fully saturated rings. The highest BCUT2D eigenvalue weighted by Crippen LogP contribution is 2.21. The van der Waals surface area contributed by atoms with Gasteiger partial charge in [-0.1, -0.05) is 60.7 Å². The van der Waals surface area contributed by atoms with Crippen molar-refractivity contribution in [2.75, 3.05) is 33.0 Å². The summed E-state index contributed by atoms with van der Waals surface area (Å²) in [6.45, 7) is 2.09. The second-order valence-corrected chi connectivity index (χ2v) is 8.21. The van der Waals surface area contributed by atoms with Crippen molar-refractivity contribution >= 4 is 23.9 Å². The third-order valence-electron chi connectivity index (χ3n) is 5.33. The zero-order valence-corrected chi connectivity index (χ0v) is 20.6. The van der Waals surface area contributed by atoms with Crippen molar-refractivity contribution in [3.63, 3.8) is 0 Å². The lowest BCUT2D eigenvalue weighted by Crippen LogP contribution is -2.23. The first-order valence-electron chi connectivity index (χ1n) is 11.8. The zero-order chi connectivity index (χ0) is 27.0. The third-order valence-corrected chi connectivity index (χ3v) is 5.33. The van der Waals surface area contributed by atoms with E-state index < -0.39 is 35.7 Å². The second-order valence-electron chi connectivity index (χ2n) is 8.21. The highest BCUT2D eigenvalue weighted by atomic mass is 16.6. The molecule has 2 rings (SSSR count). The van der Waals surface area contributed by atoms with Gasteiger partial charge in [-0.05, 0) is 18.1 Å². The average Bonchev–Trinajstić information content (AvgIpc) is 2.88. The maximum absolute atomic E-state index is 12.0. The van der Waals surface area contributed by atoms with Gasteiger partial charge >= 0.3 is 23.9 Å². The number of ether oxygens (including phenoxy) is 4. The van der Waals surface area contributed by atoms with Crippen molar-refractivity contribution in [3.05, 3.63) is 71.8 Å². The van der Waals surface area contributed by atoms with Gasteiger partial charge in [-0.3, -0.25) is 19.2 Å². The van der Waals surface area contributed by atoms with Gasteiger partial charge in [0.15, 0.2) is 0 Å². The number of benzene rings is 2. The van der Waals surface area contributed by atoms with E-state index in [0.29, 0.717) is 11.1 Å². The van der Waals surface area contributed by atoms with E-state index in [4.69, 9.17) is 18.9 Å². The van der Waals surface area contributed by atoms with Crippen LogP contribution in [0.2, 0.25) is 0 Å². The van der Waals surface area contributed by atoms with E-state index in [1.807, 2.05) is 0 Å². The number of carbonyl (C=O) groups excluding carboxylic acids is 2. The molecule has 3 atom stereocenters. The van der Waals surface area contributed by atoms with Gasteiger partial charge in [0, 0.05) is 0 Å². The molecule has 0 aromatic heterocycles. The maximum atomic E-state index is 12.0. The Morgan fingerprint density at radius 3 is 1.54 bits per heavy atom. The second kappa shape index (κ2) is 16.1. The van der Waals surface area contributed by atoms with E-state index in [-0.39, 0.29) is 52.0 Å². The van der Waals surface area contributed by atoms with E-state index in [2.05, 4.69) is 0 Å². The number of carboxylic acids is 2. The molecular formula is C27H32O10. The predicted molar refractivity (Wildman–Crippen MR) is 131 cm³/mol. The van der Waals surface area contributed by atoms with Gasteiger partial charge in [-0.25, -0.2) is 0 Å². The minimum absolute atomic E-state index is 0.0313. The molecule has 3 unspecified atom stereocenters. The van der Waals surface area contributed by atoms with Crippen LogP contribution in [-0.4, -0.2) is 73.2 Å². The van der Waals surface area contributed by atoms with Gasteiger partial charge in [0.25, 0.3) is 0 Å². The van der Waals surface area contributed by atoms with Crippen LogP contribution < -0.4 is 0 Å². The lowest BCUT2D eigenvalue weighted by atomic mass is 9.96. The molecule has 10 heteroatoms. The number of rotatable bonds is 17. The summed E-state index contributed by atoms with van der Waals surface area (Å²) < 4.78 is 21.0. The van der Waals surface area contributed by atoms with Crippen molar-refractivity contribution in [2.45, 2.75) is 37.7 Å². The molecule has 0 aliphatic heterocycles. The molecule has 200 valence electrons. The quantitative estimate of drug-likeness (QED) is 0.238. The van der Waals surface area contributed by atoms with Crippen molar-refractivity contribution < 1.29 is 48.3 Å². The van der Waals surface area contributed by atoms with Gasteiger partial charge < -0.3 is 29.2 Å². The first-order chi connectivity index (χ1) is 17.8. The number of esters is 2.